The lowest BCUT2D eigenvalue weighted by Gasteiger charge is -1.91. The van der Waals surface area contributed by atoms with Gasteiger partial charge in [0, 0.05) is 6.08 Å². The second kappa shape index (κ2) is 3.95. The van der Waals surface area contributed by atoms with Crippen LogP contribution in [-0.4, -0.2) is 10.6 Å². The van der Waals surface area contributed by atoms with Crippen LogP contribution in [0.4, 0.5) is 0 Å². The molecule has 0 unspecified atom stereocenters. The first-order valence-electron chi connectivity index (χ1n) is 3.24. The number of halogens is 1. The van der Waals surface area contributed by atoms with Gasteiger partial charge in [0.25, 0.3) is 0 Å². The Labute approximate surface area is 73.8 Å². The van der Waals surface area contributed by atoms with Gasteiger partial charge in [0.1, 0.15) is 4.61 Å². The Bertz CT molecular complexity index is 150. The zero-order valence-electron chi connectivity index (χ0n) is 5.55. The van der Waals surface area contributed by atoms with Gasteiger partial charge >= 0.3 is 5.97 Å². The Kier molecular flexibility index (Phi) is 3.18. The van der Waals surface area contributed by atoms with E-state index in [-0.39, 0.29) is 5.97 Å². The molecule has 56 valence electrons. The van der Waals surface area contributed by atoms with Crippen LogP contribution in [0.3, 0.4) is 0 Å². The van der Waals surface area contributed by atoms with Crippen molar-refractivity contribution in [2.75, 3.05) is 4.61 Å². The van der Waals surface area contributed by atoms with Gasteiger partial charge < -0.3 is 4.74 Å². The summed E-state index contributed by atoms with van der Waals surface area (Å²) in [5.41, 5.74) is 0. The third-order valence-electron chi connectivity index (χ3n) is 1.32. The lowest BCUT2D eigenvalue weighted by molar-refractivity contribution is -0.135. The van der Waals surface area contributed by atoms with Gasteiger partial charge in [0.15, 0.2) is 0 Å². The van der Waals surface area contributed by atoms with E-state index in [1.54, 1.807) is 0 Å². The first kappa shape index (κ1) is 8.04. The first-order chi connectivity index (χ1) is 4.83. The van der Waals surface area contributed by atoms with Gasteiger partial charge in [0.05, 0.1) is 0 Å². The maximum Gasteiger partial charge on any atom is 0.331 e. The highest BCUT2D eigenvalue weighted by Crippen LogP contribution is 2.29. The second-order valence-electron chi connectivity index (χ2n) is 2.27. The second-order valence-corrected chi connectivity index (χ2v) is 2.89. The van der Waals surface area contributed by atoms with Gasteiger partial charge in [-0.3, -0.25) is 0 Å². The van der Waals surface area contributed by atoms with Crippen molar-refractivity contribution in [3.63, 3.8) is 0 Å². The average Bonchev–Trinajstić information content (AvgIpc) is 2.67. The topological polar surface area (TPSA) is 26.3 Å². The van der Waals surface area contributed by atoms with Crippen LogP contribution in [0.15, 0.2) is 12.2 Å². The number of alkyl halides is 1. The van der Waals surface area contributed by atoms with Crippen LogP contribution in [0.1, 0.15) is 12.8 Å². The fourth-order valence-electron chi connectivity index (χ4n) is 0.605. The number of carbonyl (C=O) groups excluding carboxylic acids is 1. The molecule has 0 bridgehead atoms. The monoisotopic (exact) mass is 252 g/mol. The minimum atomic E-state index is -0.221. The lowest BCUT2D eigenvalue weighted by Crippen LogP contribution is -1.96. The van der Waals surface area contributed by atoms with E-state index in [0.717, 1.165) is 0 Å². The Morgan fingerprint density at radius 3 is 2.90 bits per heavy atom. The lowest BCUT2D eigenvalue weighted by atomic mass is 10.4. The van der Waals surface area contributed by atoms with Crippen LogP contribution in [0.5, 0.6) is 0 Å². The molecule has 0 aromatic heterocycles. The van der Waals surface area contributed by atoms with E-state index < -0.39 is 0 Å². The maximum atomic E-state index is 10.7. The molecule has 0 aliphatic heterocycles. The molecule has 3 heteroatoms. The van der Waals surface area contributed by atoms with Crippen LogP contribution in [0.2, 0.25) is 0 Å². The smallest absolute Gasteiger partial charge is 0.331 e. The van der Waals surface area contributed by atoms with Crippen molar-refractivity contribution in [1.29, 1.82) is 0 Å². The van der Waals surface area contributed by atoms with E-state index in [1.807, 2.05) is 28.7 Å². The summed E-state index contributed by atoms with van der Waals surface area (Å²) < 4.78 is 5.12. The molecule has 0 radical (unpaired) electrons. The van der Waals surface area contributed by atoms with E-state index in [0.29, 0.717) is 10.5 Å². The van der Waals surface area contributed by atoms with E-state index in [1.165, 1.54) is 18.9 Å². The van der Waals surface area contributed by atoms with E-state index in [9.17, 15) is 4.79 Å². The first-order valence-corrected chi connectivity index (χ1v) is 4.76. The number of allylic oxidation sites excluding steroid dienone is 1. The molecule has 0 aromatic carbocycles. The fourth-order valence-corrected chi connectivity index (χ4v) is 0.912. The van der Waals surface area contributed by atoms with E-state index in [2.05, 4.69) is 4.74 Å². The van der Waals surface area contributed by atoms with E-state index in [4.69, 9.17) is 0 Å². The normalized spacial score (nSPS) is 17.7. The molecule has 0 atom stereocenters. The molecule has 0 N–H and O–H groups in total. The summed E-state index contributed by atoms with van der Waals surface area (Å²) in [6.07, 6.45) is 5.91. The third kappa shape index (κ3) is 3.20. The quantitative estimate of drug-likeness (QED) is 0.332. The van der Waals surface area contributed by atoms with Gasteiger partial charge in [-0.1, -0.05) is 6.08 Å². The summed E-state index contributed by atoms with van der Waals surface area (Å²) in [7, 11) is 0. The highest BCUT2D eigenvalue weighted by atomic mass is 127. The molecule has 1 aliphatic carbocycles. The summed E-state index contributed by atoms with van der Waals surface area (Å²) in [5, 5.41) is 0. The Balaban J connectivity index is 2.15. The van der Waals surface area contributed by atoms with E-state index >= 15 is 0 Å². The fraction of sp³-hybridized carbons (Fsp3) is 0.571. The van der Waals surface area contributed by atoms with Gasteiger partial charge in [0.2, 0.25) is 0 Å². The summed E-state index contributed by atoms with van der Waals surface area (Å²) in [6, 6.07) is 0. The molecule has 1 aliphatic rings. The number of hydrogen-bond donors (Lipinski definition) is 0. The van der Waals surface area contributed by atoms with Gasteiger partial charge in [-0.25, -0.2) is 4.79 Å². The molecule has 10 heavy (non-hydrogen) atoms. The van der Waals surface area contributed by atoms with Crippen LogP contribution in [0, 0.1) is 5.92 Å². The standard InChI is InChI=1S/C7H9IO2/c8-5-10-7(9)4-3-6-1-2-6/h3-4,6H,1-2,5H2/b4-3-. The predicted octanol–water partition coefficient (Wildman–Crippen LogP) is 1.89. The SMILES string of the molecule is O=C(/C=C\C1CC1)OCI. The number of rotatable bonds is 3. The van der Waals surface area contributed by atoms with Gasteiger partial charge in [-0.05, 0) is 41.4 Å². The highest BCUT2D eigenvalue weighted by molar-refractivity contribution is 14.1. The van der Waals surface area contributed by atoms with Crippen LogP contribution < -0.4 is 0 Å². The zero-order chi connectivity index (χ0) is 7.40. The molecule has 1 fully saturated rings. The van der Waals surface area contributed by atoms with Crippen molar-refractivity contribution in [2.24, 2.45) is 5.92 Å². The van der Waals surface area contributed by atoms with Crippen LogP contribution in [0.25, 0.3) is 0 Å². The molecule has 0 aromatic rings. The molecule has 2 nitrogen and oxygen atoms in total. The van der Waals surface area contributed by atoms with Crippen molar-refractivity contribution < 1.29 is 9.53 Å². The number of hydrogen-bond acceptors (Lipinski definition) is 2. The highest BCUT2D eigenvalue weighted by Gasteiger charge is 2.17. The minimum absolute atomic E-state index is 0.221. The maximum absolute atomic E-state index is 10.7. The Morgan fingerprint density at radius 2 is 2.40 bits per heavy atom. The number of carbonyl (C=O) groups is 1. The molecule has 1 rings (SSSR count). The Morgan fingerprint density at radius 1 is 1.70 bits per heavy atom. The number of esters is 1. The molecule has 0 spiro atoms. The molecule has 1 saturated carbocycles. The summed E-state index contributed by atoms with van der Waals surface area (Å²) in [4.78, 5) is 10.7. The summed E-state index contributed by atoms with van der Waals surface area (Å²) in [5.74, 6) is 0.433. The predicted molar refractivity (Wildman–Crippen MR) is 46.8 cm³/mol. The van der Waals surface area contributed by atoms with Crippen LogP contribution >= 0.6 is 22.6 Å². The van der Waals surface area contributed by atoms with Gasteiger partial charge in [-0.15, -0.1) is 0 Å². The van der Waals surface area contributed by atoms with Crippen molar-refractivity contribution in [3.8, 4) is 0 Å². The average molecular weight is 252 g/mol. The number of ether oxygens (including phenoxy) is 1. The minimum Gasteiger partial charge on any atom is -0.452 e. The molecular weight excluding hydrogens is 243 g/mol. The Hall–Kier alpha value is -0.0600. The largest absolute Gasteiger partial charge is 0.452 e. The third-order valence-corrected chi connectivity index (χ3v) is 1.63. The molecule has 0 heterocycles. The van der Waals surface area contributed by atoms with Crippen molar-refractivity contribution in [2.45, 2.75) is 12.8 Å². The zero-order valence-corrected chi connectivity index (χ0v) is 7.71. The summed E-state index contributed by atoms with van der Waals surface area (Å²) in [6.45, 7) is 0. The van der Waals surface area contributed by atoms with Crippen molar-refractivity contribution in [3.05, 3.63) is 12.2 Å². The van der Waals surface area contributed by atoms with Gasteiger partial charge in [-0.2, -0.15) is 0 Å². The molecule has 0 amide bonds. The van der Waals surface area contributed by atoms with Crippen LogP contribution in [-0.2, 0) is 9.53 Å². The molecular formula is C7H9IO2. The molecule has 0 saturated heterocycles. The summed E-state index contributed by atoms with van der Waals surface area (Å²) >= 11 is 2.00. The van der Waals surface area contributed by atoms with Crippen molar-refractivity contribution >= 4 is 28.6 Å². The van der Waals surface area contributed by atoms with Crippen molar-refractivity contribution in [1.82, 2.24) is 0 Å².